The zero-order valence-electron chi connectivity index (χ0n) is 15.5. The van der Waals surface area contributed by atoms with Crippen molar-refractivity contribution >= 4 is 21.5 Å². The number of sulfone groups is 1. The molecule has 0 aromatic carbocycles. The van der Waals surface area contributed by atoms with E-state index in [4.69, 9.17) is 10.5 Å². The van der Waals surface area contributed by atoms with Gasteiger partial charge in [0.15, 0.2) is 15.6 Å². The Hall–Kier alpha value is -2.17. The van der Waals surface area contributed by atoms with Gasteiger partial charge in [0, 0.05) is 36.1 Å². The van der Waals surface area contributed by atoms with Crippen LogP contribution >= 0.6 is 0 Å². The molecule has 1 aromatic heterocycles. The van der Waals surface area contributed by atoms with Gasteiger partial charge in [0.1, 0.15) is 23.7 Å². The van der Waals surface area contributed by atoms with Crippen molar-refractivity contribution in [3.8, 4) is 5.75 Å². The lowest BCUT2D eigenvalue weighted by Gasteiger charge is -2.39. The van der Waals surface area contributed by atoms with Gasteiger partial charge < -0.3 is 10.5 Å². The number of hydrogen-bond acceptors (Lipinski definition) is 6. The first-order chi connectivity index (χ1) is 13.4. The van der Waals surface area contributed by atoms with Gasteiger partial charge in [-0.1, -0.05) is 0 Å². The van der Waals surface area contributed by atoms with E-state index in [1.54, 1.807) is 0 Å². The van der Waals surface area contributed by atoms with Gasteiger partial charge >= 0.3 is 0 Å². The third kappa shape index (κ3) is 4.71. The Morgan fingerprint density at radius 2 is 1.90 bits per heavy atom. The minimum absolute atomic E-state index is 0.0130. The number of ether oxygens (including phenoxy) is 1. The number of carbonyl (C=O) groups excluding carboxylic acids is 2. The summed E-state index contributed by atoms with van der Waals surface area (Å²) in [5.74, 6) is -2.22. The van der Waals surface area contributed by atoms with Crippen LogP contribution in [0.25, 0.3) is 0 Å². The molecule has 2 fully saturated rings. The number of Topliss-reactive ketones (excluding diaryl/α,β-unsaturated/α-hetero) is 1. The molecular formula is C18H21F3N2O5S. The molecule has 2 aliphatic rings. The largest absolute Gasteiger partial charge is 0.487 e. The monoisotopic (exact) mass is 434 g/mol. The summed E-state index contributed by atoms with van der Waals surface area (Å²) in [6, 6.07) is 1.10. The number of amides is 1. The van der Waals surface area contributed by atoms with Crippen molar-refractivity contribution in [3.63, 3.8) is 0 Å². The highest BCUT2D eigenvalue weighted by Crippen LogP contribution is 2.48. The Labute approximate surface area is 165 Å². The van der Waals surface area contributed by atoms with Gasteiger partial charge in [-0.15, -0.1) is 0 Å². The molecule has 0 atom stereocenters. The lowest BCUT2D eigenvalue weighted by molar-refractivity contribution is -0.119. The van der Waals surface area contributed by atoms with Crippen molar-refractivity contribution in [2.75, 3.05) is 18.1 Å². The van der Waals surface area contributed by atoms with E-state index < -0.39 is 45.6 Å². The van der Waals surface area contributed by atoms with Crippen molar-refractivity contribution in [2.45, 2.75) is 44.2 Å². The van der Waals surface area contributed by atoms with E-state index in [0.29, 0.717) is 6.42 Å². The molecule has 1 aromatic rings. The summed E-state index contributed by atoms with van der Waals surface area (Å²) in [5.41, 5.74) is 2.18. The molecule has 0 radical (unpaired) electrons. The second kappa shape index (κ2) is 7.58. The minimum Gasteiger partial charge on any atom is -0.487 e. The fourth-order valence-electron chi connectivity index (χ4n) is 3.91. The predicted octanol–water partition coefficient (Wildman–Crippen LogP) is 1.94. The number of rotatable bonds is 9. The third-order valence-electron chi connectivity index (χ3n) is 5.28. The maximum absolute atomic E-state index is 14.8. The maximum atomic E-state index is 14.8. The number of nitrogens with zero attached hydrogens (tertiary/aromatic N) is 1. The number of aromatic nitrogens is 1. The van der Waals surface area contributed by atoms with Crippen LogP contribution in [0.2, 0.25) is 0 Å². The molecule has 160 valence electrons. The average molecular weight is 434 g/mol. The first-order valence-corrected chi connectivity index (χ1v) is 10.9. The number of carbonyl (C=O) groups is 2. The summed E-state index contributed by atoms with van der Waals surface area (Å²) in [5, 5.41) is 0. The van der Waals surface area contributed by atoms with Gasteiger partial charge in [-0.3, -0.25) is 14.6 Å². The molecule has 0 unspecified atom stereocenters. The van der Waals surface area contributed by atoms with Gasteiger partial charge in [-0.25, -0.2) is 21.6 Å². The SMILES string of the molecule is NC(=O)CC1(CC(=O)c2cc(OCC(F)F)c(C3(F)CCC3)cn2)CS(=O)(=O)C1. The lowest BCUT2D eigenvalue weighted by atomic mass is 9.77. The number of ketones is 1. The first-order valence-electron chi connectivity index (χ1n) is 9.06. The highest BCUT2D eigenvalue weighted by molar-refractivity contribution is 7.92. The van der Waals surface area contributed by atoms with Crippen LogP contribution in [0.1, 0.15) is 48.2 Å². The van der Waals surface area contributed by atoms with E-state index in [9.17, 15) is 31.2 Å². The first kappa shape index (κ1) is 21.5. The molecule has 7 nitrogen and oxygen atoms in total. The van der Waals surface area contributed by atoms with E-state index in [0.717, 1.165) is 12.3 Å². The number of halogens is 3. The topological polar surface area (TPSA) is 116 Å². The van der Waals surface area contributed by atoms with Crippen LogP contribution in [0.5, 0.6) is 5.75 Å². The van der Waals surface area contributed by atoms with E-state index in [-0.39, 0.29) is 54.2 Å². The predicted molar refractivity (Wildman–Crippen MR) is 96.2 cm³/mol. The molecule has 1 amide bonds. The molecule has 2 N–H and O–H groups in total. The van der Waals surface area contributed by atoms with E-state index in [1.807, 2.05) is 0 Å². The lowest BCUT2D eigenvalue weighted by Crippen LogP contribution is -2.51. The van der Waals surface area contributed by atoms with Crippen LogP contribution in [0.4, 0.5) is 13.2 Å². The van der Waals surface area contributed by atoms with Crippen molar-refractivity contribution in [1.82, 2.24) is 4.98 Å². The Bertz CT molecular complexity index is 919. The molecule has 1 saturated carbocycles. The maximum Gasteiger partial charge on any atom is 0.272 e. The van der Waals surface area contributed by atoms with E-state index in [1.165, 1.54) is 0 Å². The number of alkyl halides is 3. The zero-order chi connectivity index (χ0) is 21.4. The van der Waals surface area contributed by atoms with E-state index >= 15 is 0 Å². The molecule has 0 spiro atoms. The van der Waals surface area contributed by atoms with Gasteiger partial charge in [0.2, 0.25) is 5.91 Å². The Kier molecular flexibility index (Phi) is 5.63. The second-order valence-electron chi connectivity index (χ2n) is 7.86. The summed E-state index contributed by atoms with van der Waals surface area (Å²) in [7, 11) is -3.35. The smallest absolute Gasteiger partial charge is 0.272 e. The third-order valence-corrected chi connectivity index (χ3v) is 7.39. The molecule has 29 heavy (non-hydrogen) atoms. The molecule has 1 aliphatic carbocycles. The average Bonchev–Trinajstić information content (AvgIpc) is 2.55. The van der Waals surface area contributed by atoms with Gasteiger partial charge in [0.05, 0.1) is 11.5 Å². The van der Waals surface area contributed by atoms with Crippen molar-refractivity contribution in [3.05, 3.63) is 23.5 Å². The van der Waals surface area contributed by atoms with Crippen molar-refractivity contribution in [2.24, 2.45) is 11.1 Å². The molecule has 1 aliphatic heterocycles. The highest BCUT2D eigenvalue weighted by Gasteiger charge is 2.50. The van der Waals surface area contributed by atoms with Gasteiger partial charge in [-0.05, 0) is 19.3 Å². The normalized spacial score (nSPS) is 21.1. The number of nitrogens with two attached hydrogens (primary N) is 1. The molecular weight excluding hydrogens is 413 g/mol. The fourth-order valence-corrected chi connectivity index (χ4v) is 6.10. The molecule has 2 heterocycles. The van der Waals surface area contributed by atoms with E-state index in [2.05, 4.69) is 4.98 Å². The summed E-state index contributed by atoms with van der Waals surface area (Å²) in [4.78, 5) is 27.9. The number of pyridine rings is 1. The molecule has 1 saturated heterocycles. The van der Waals surface area contributed by atoms with Crippen LogP contribution < -0.4 is 10.5 Å². The molecule has 0 bridgehead atoms. The Morgan fingerprint density at radius 3 is 2.38 bits per heavy atom. The van der Waals surface area contributed by atoms with Gasteiger partial charge in [-0.2, -0.15) is 0 Å². The zero-order valence-corrected chi connectivity index (χ0v) is 16.3. The fraction of sp³-hybridized carbons (Fsp3) is 0.611. The summed E-state index contributed by atoms with van der Waals surface area (Å²) in [6.45, 7) is -0.968. The molecule has 3 rings (SSSR count). The number of hydrogen-bond donors (Lipinski definition) is 1. The molecule has 11 heteroatoms. The highest BCUT2D eigenvalue weighted by atomic mass is 32.2. The summed E-state index contributed by atoms with van der Waals surface area (Å²) in [6.07, 6.45) is -1.24. The minimum atomic E-state index is -3.35. The van der Waals surface area contributed by atoms with Gasteiger partial charge in [0.25, 0.3) is 6.43 Å². The van der Waals surface area contributed by atoms with Crippen LogP contribution in [0.15, 0.2) is 12.3 Å². The number of primary amides is 1. The van der Waals surface area contributed by atoms with Crippen LogP contribution in [0.3, 0.4) is 0 Å². The van der Waals surface area contributed by atoms with Crippen molar-refractivity contribution < 1.29 is 35.9 Å². The summed E-state index contributed by atoms with van der Waals surface area (Å²) < 4.78 is 68.2. The van der Waals surface area contributed by atoms with Crippen LogP contribution in [0, 0.1) is 5.41 Å². The Balaban J connectivity index is 1.84. The summed E-state index contributed by atoms with van der Waals surface area (Å²) >= 11 is 0. The Morgan fingerprint density at radius 1 is 1.24 bits per heavy atom. The van der Waals surface area contributed by atoms with Crippen LogP contribution in [-0.2, 0) is 20.3 Å². The second-order valence-corrected chi connectivity index (χ2v) is 9.93. The van der Waals surface area contributed by atoms with Crippen LogP contribution in [-0.4, -0.2) is 49.6 Å². The van der Waals surface area contributed by atoms with Crippen molar-refractivity contribution in [1.29, 1.82) is 0 Å². The standard InChI is InChI=1S/C18H21F3N2O5S/c19-15(20)8-28-14-4-12(23-7-11(14)18(21)2-1-3-18)13(24)5-17(6-16(22)25)9-29(26,27)10-17/h4,7,15H,1-3,5-6,8-10H2,(H2,22,25). The quantitative estimate of drug-likeness (QED) is 0.594.